The molecule has 1 amide bonds. The molecule has 28 heavy (non-hydrogen) atoms. The molecule has 0 saturated carbocycles. The Bertz CT molecular complexity index is 1060. The van der Waals surface area contributed by atoms with Crippen LogP contribution in [0.15, 0.2) is 53.3 Å². The number of nitrogens with one attached hydrogen (secondary N) is 1. The van der Waals surface area contributed by atoms with Gasteiger partial charge < -0.3 is 19.4 Å². The van der Waals surface area contributed by atoms with Gasteiger partial charge in [-0.1, -0.05) is 24.3 Å². The summed E-state index contributed by atoms with van der Waals surface area (Å²) in [6.45, 7) is 0.822. The lowest BCUT2D eigenvalue weighted by Gasteiger charge is -2.29. The molecule has 0 saturated heterocycles. The minimum absolute atomic E-state index is 0.0433. The normalized spacial score (nSPS) is 15.4. The number of aromatic amines is 1. The SMILES string of the molecule is CN(CC1COc2ccccc2O1)C(=O)CCc1nc2ccccc2c(=O)[nH]1. The van der Waals surface area contributed by atoms with Crippen LogP contribution < -0.4 is 15.0 Å². The molecule has 4 rings (SSSR count). The average Bonchev–Trinajstić information content (AvgIpc) is 2.72. The molecule has 2 heterocycles. The highest BCUT2D eigenvalue weighted by molar-refractivity contribution is 5.78. The second-order valence-electron chi connectivity index (χ2n) is 6.80. The number of hydrogen-bond acceptors (Lipinski definition) is 5. The van der Waals surface area contributed by atoms with E-state index in [0.717, 1.165) is 5.75 Å². The zero-order chi connectivity index (χ0) is 19.5. The van der Waals surface area contributed by atoms with Crippen molar-refractivity contribution in [2.75, 3.05) is 20.2 Å². The van der Waals surface area contributed by atoms with Gasteiger partial charge in [0.2, 0.25) is 5.91 Å². The topological polar surface area (TPSA) is 84.5 Å². The maximum absolute atomic E-state index is 12.5. The van der Waals surface area contributed by atoms with Gasteiger partial charge in [0.1, 0.15) is 12.4 Å². The molecular formula is C21H21N3O4. The average molecular weight is 379 g/mol. The number of carbonyl (C=O) groups is 1. The number of aryl methyl sites for hydroxylation is 1. The summed E-state index contributed by atoms with van der Waals surface area (Å²) in [5.41, 5.74) is 0.446. The Morgan fingerprint density at radius 1 is 1.18 bits per heavy atom. The molecule has 1 aliphatic heterocycles. The fraction of sp³-hybridized carbons (Fsp3) is 0.286. The van der Waals surface area contributed by atoms with Crippen LogP contribution in [0.5, 0.6) is 11.5 Å². The molecule has 0 bridgehead atoms. The summed E-state index contributed by atoms with van der Waals surface area (Å²) in [5, 5.41) is 0.546. The van der Waals surface area contributed by atoms with E-state index in [-0.39, 0.29) is 24.0 Å². The summed E-state index contributed by atoms with van der Waals surface area (Å²) < 4.78 is 11.6. The smallest absolute Gasteiger partial charge is 0.258 e. The van der Waals surface area contributed by atoms with Gasteiger partial charge in [0.25, 0.3) is 5.56 Å². The molecule has 0 fully saturated rings. The van der Waals surface area contributed by atoms with Crippen LogP contribution in [0.2, 0.25) is 0 Å². The zero-order valence-electron chi connectivity index (χ0n) is 15.6. The highest BCUT2D eigenvalue weighted by Crippen LogP contribution is 2.30. The number of benzene rings is 2. The fourth-order valence-corrected chi connectivity index (χ4v) is 3.23. The summed E-state index contributed by atoms with van der Waals surface area (Å²) >= 11 is 0. The number of likely N-dealkylation sites (N-methyl/N-ethyl adjacent to an activating group) is 1. The summed E-state index contributed by atoms with van der Waals surface area (Å²) in [4.78, 5) is 33.4. The summed E-state index contributed by atoms with van der Waals surface area (Å²) in [6.07, 6.45) is 0.401. The molecule has 2 aromatic carbocycles. The molecule has 1 aliphatic rings. The third-order valence-corrected chi connectivity index (χ3v) is 4.71. The first kappa shape index (κ1) is 18.0. The Labute approximate surface area is 161 Å². The van der Waals surface area contributed by atoms with E-state index in [4.69, 9.17) is 9.47 Å². The van der Waals surface area contributed by atoms with E-state index in [9.17, 15) is 9.59 Å². The minimum atomic E-state index is -0.220. The highest BCUT2D eigenvalue weighted by atomic mass is 16.6. The molecule has 7 nitrogen and oxygen atoms in total. The number of hydrogen-bond donors (Lipinski definition) is 1. The summed E-state index contributed by atoms with van der Waals surface area (Å²) in [5.74, 6) is 1.88. The van der Waals surface area contributed by atoms with Gasteiger partial charge in [-0.05, 0) is 24.3 Å². The Balaban J connectivity index is 1.34. The number of H-pyrrole nitrogens is 1. The molecule has 7 heteroatoms. The van der Waals surface area contributed by atoms with Crippen molar-refractivity contribution in [1.82, 2.24) is 14.9 Å². The molecule has 1 atom stereocenters. The van der Waals surface area contributed by atoms with Crippen LogP contribution in [0, 0.1) is 0 Å². The van der Waals surface area contributed by atoms with Crippen LogP contribution in [0.4, 0.5) is 0 Å². The van der Waals surface area contributed by atoms with Gasteiger partial charge in [-0.2, -0.15) is 0 Å². The molecule has 0 spiro atoms. The number of aromatic nitrogens is 2. The number of carbonyl (C=O) groups excluding carboxylic acids is 1. The van der Waals surface area contributed by atoms with E-state index in [1.54, 1.807) is 30.1 Å². The van der Waals surface area contributed by atoms with Gasteiger partial charge >= 0.3 is 0 Å². The van der Waals surface area contributed by atoms with Crippen molar-refractivity contribution in [2.45, 2.75) is 18.9 Å². The third-order valence-electron chi connectivity index (χ3n) is 4.71. The highest BCUT2D eigenvalue weighted by Gasteiger charge is 2.23. The van der Waals surface area contributed by atoms with E-state index in [0.29, 0.717) is 42.0 Å². The van der Waals surface area contributed by atoms with Crippen molar-refractivity contribution >= 4 is 16.8 Å². The molecular weight excluding hydrogens is 358 g/mol. The minimum Gasteiger partial charge on any atom is -0.486 e. The van der Waals surface area contributed by atoms with Gasteiger partial charge in [0, 0.05) is 19.9 Å². The van der Waals surface area contributed by atoms with E-state index in [1.165, 1.54) is 0 Å². The first-order valence-corrected chi connectivity index (χ1v) is 9.20. The van der Waals surface area contributed by atoms with E-state index in [1.807, 2.05) is 30.3 Å². The number of ether oxygens (including phenoxy) is 2. The lowest BCUT2D eigenvalue weighted by atomic mass is 10.2. The molecule has 1 N–H and O–H groups in total. The van der Waals surface area contributed by atoms with E-state index >= 15 is 0 Å². The lowest BCUT2D eigenvalue weighted by Crippen LogP contribution is -2.41. The number of nitrogens with zero attached hydrogens (tertiary/aromatic N) is 2. The second kappa shape index (κ2) is 7.72. The first-order chi connectivity index (χ1) is 13.6. The quantitative estimate of drug-likeness (QED) is 0.734. The fourth-order valence-electron chi connectivity index (χ4n) is 3.23. The van der Waals surface area contributed by atoms with Crippen LogP contribution in [0.1, 0.15) is 12.2 Å². The Morgan fingerprint density at radius 2 is 1.93 bits per heavy atom. The van der Waals surface area contributed by atoms with Crippen molar-refractivity contribution in [2.24, 2.45) is 0 Å². The van der Waals surface area contributed by atoms with E-state index in [2.05, 4.69) is 9.97 Å². The maximum atomic E-state index is 12.5. The second-order valence-corrected chi connectivity index (χ2v) is 6.80. The number of fused-ring (bicyclic) bond motifs is 2. The zero-order valence-corrected chi connectivity index (χ0v) is 15.6. The van der Waals surface area contributed by atoms with E-state index < -0.39 is 0 Å². The standard InChI is InChI=1S/C21H21N3O4/c1-24(12-14-13-27-17-8-4-5-9-18(17)28-14)20(25)11-10-19-22-16-7-3-2-6-15(16)21(26)23-19/h2-9,14H,10-13H2,1H3,(H,22,23,26). The summed E-state index contributed by atoms with van der Waals surface area (Å²) in [7, 11) is 1.74. The Hall–Kier alpha value is -3.35. The van der Waals surface area contributed by atoms with Crippen molar-refractivity contribution < 1.29 is 14.3 Å². The Kier molecular flexibility index (Phi) is 4.97. The molecule has 0 radical (unpaired) electrons. The van der Waals surface area contributed by atoms with Gasteiger partial charge in [-0.3, -0.25) is 9.59 Å². The molecule has 1 aromatic heterocycles. The molecule has 0 aliphatic carbocycles. The monoisotopic (exact) mass is 379 g/mol. The van der Waals surface area contributed by atoms with Crippen molar-refractivity contribution in [1.29, 1.82) is 0 Å². The summed E-state index contributed by atoms with van der Waals surface area (Å²) in [6, 6.07) is 14.6. The molecule has 144 valence electrons. The van der Waals surface area contributed by atoms with Crippen molar-refractivity contribution in [3.05, 3.63) is 64.7 Å². The molecule has 3 aromatic rings. The van der Waals surface area contributed by atoms with Crippen LogP contribution in [-0.4, -0.2) is 47.1 Å². The van der Waals surface area contributed by atoms with Crippen molar-refractivity contribution in [3.8, 4) is 11.5 Å². The maximum Gasteiger partial charge on any atom is 0.258 e. The van der Waals surface area contributed by atoms with Crippen LogP contribution in [0.3, 0.4) is 0 Å². The first-order valence-electron chi connectivity index (χ1n) is 9.20. The van der Waals surface area contributed by atoms with Crippen LogP contribution in [-0.2, 0) is 11.2 Å². The lowest BCUT2D eigenvalue weighted by molar-refractivity contribution is -0.131. The van der Waals surface area contributed by atoms with Crippen LogP contribution in [0.25, 0.3) is 10.9 Å². The largest absolute Gasteiger partial charge is 0.486 e. The number of rotatable bonds is 5. The van der Waals surface area contributed by atoms with Gasteiger partial charge in [-0.15, -0.1) is 0 Å². The van der Waals surface area contributed by atoms with Gasteiger partial charge in [0.15, 0.2) is 17.6 Å². The Morgan fingerprint density at radius 3 is 2.79 bits per heavy atom. The number of amides is 1. The van der Waals surface area contributed by atoms with Crippen molar-refractivity contribution in [3.63, 3.8) is 0 Å². The third kappa shape index (κ3) is 3.83. The van der Waals surface area contributed by atoms with Crippen LogP contribution >= 0.6 is 0 Å². The van der Waals surface area contributed by atoms with Gasteiger partial charge in [-0.25, -0.2) is 4.98 Å². The predicted octanol–water partition coefficient (Wildman–Crippen LogP) is 2.15. The number of para-hydroxylation sites is 3. The van der Waals surface area contributed by atoms with Gasteiger partial charge in [0.05, 0.1) is 17.4 Å². The molecule has 1 unspecified atom stereocenters. The predicted molar refractivity (Wildman–Crippen MR) is 105 cm³/mol.